The van der Waals surface area contributed by atoms with E-state index in [-0.39, 0.29) is 0 Å². The van der Waals surface area contributed by atoms with Gasteiger partial charge in [0, 0.05) is 12.1 Å². The number of hydrogen-bond donors (Lipinski definition) is 0. The van der Waals surface area contributed by atoms with E-state index in [4.69, 9.17) is 4.84 Å². The molecule has 88 valence electrons. The van der Waals surface area contributed by atoms with Crippen LogP contribution in [0.5, 0.6) is 0 Å². The molecule has 1 aromatic rings. The molecule has 0 radical (unpaired) electrons. The van der Waals surface area contributed by atoms with Crippen LogP contribution in [0.25, 0.3) is 0 Å². The second-order valence-corrected chi connectivity index (χ2v) is 3.79. The van der Waals surface area contributed by atoms with Crippen LogP contribution < -0.4 is 0 Å². The molecule has 0 aromatic heterocycles. The molecule has 17 heavy (non-hydrogen) atoms. The number of aldehydes is 1. The molecule has 0 saturated heterocycles. The molecule has 0 aliphatic carbocycles. The van der Waals surface area contributed by atoms with Crippen molar-refractivity contribution in [2.24, 2.45) is 0 Å². The lowest BCUT2D eigenvalue weighted by Gasteiger charge is -2.23. The van der Waals surface area contributed by atoms with Gasteiger partial charge in [-0.3, -0.25) is 4.79 Å². The third kappa shape index (κ3) is 3.01. The largest absolute Gasteiger partial charge is 0.364 e. The highest BCUT2D eigenvalue weighted by molar-refractivity contribution is 5.89. The molecular weight excluding hydrogens is 218 g/mol. The van der Waals surface area contributed by atoms with Gasteiger partial charge in [0.25, 0.3) is 0 Å². The van der Waals surface area contributed by atoms with E-state index in [9.17, 15) is 9.59 Å². The molecule has 1 aliphatic rings. The highest BCUT2D eigenvalue weighted by Crippen LogP contribution is 2.10. The van der Waals surface area contributed by atoms with Crippen LogP contribution in [0.4, 0.5) is 0 Å². The molecule has 0 saturated carbocycles. The zero-order chi connectivity index (χ0) is 12.1. The van der Waals surface area contributed by atoms with Gasteiger partial charge in [-0.25, -0.2) is 4.79 Å². The van der Waals surface area contributed by atoms with Gasteiger partial charge in [-0.15, -0.1) is 5.06 Å². The minimum atomic E-state index is -0.391. The predicted molar refractivity (Wildman–Crippen MR) is 62.2 cm³/mol. The Hall–Kier alpha value is -1.94. The Morgan fingerprint density at radius 1 is 1.29 bits per heavy atom. The number of nitrogens with zero attached hydrogens (tertiary/aromatic N) is 1. The molecule has 0 atom stereocenters. The predicted octanol–water partition coefficient (Wildman–Crippen LogP) is 1.59. The first-order valence-electron chi connectivity index (χ1n) is 5.46. The van der Waals surface area contributed by atoms with Crippen molar-refractivity contribution in [3.8, 4) is 0 Å². The van der Waals surface area contributed by atoms with Crippen molar-refractivity contribution in [2.45, 2.75) is 6.42 Å². The van der Waals surface area contributed by atoms with Crippen LogP contribution in [0.2, 0.25) is 0 Å². The number of carbonyl (C=O) groups is 2. The Balaban J connectivity index is 1.96. The number of benzene rings is 1. The normalized spacial score (nSPS) is 16.1. The second-order valence-electron chi connectivity index (χ2n) is 3.79. The van der Waals surface area contributed by atoms with E-state index in [1.54, 1.807) is 24.3 Å². The summed E-state index contributed by atoms with van der Waals surface area (Å²) in [5.74, 6) is -0.391. The van der Waals surface area contributed by atoms with Gasteiger partial charge in [0.15, 0.2) is 0 Å². The average molecular weight is 231 g/mol. The van der Waals surface area contributed by atoms with Crippen molar-refractivity contribution in [2.75, 3.05) is 13.1 Å². The monoisotopic (exact) mass is 231 g/mol. The van der Waals surface area contributed by atoms with E-state index in [1.807, 2.05) is 12.1 Å². The van der Waals surface area contributed by atoms with Crippen molar-refractivity contribution in [3.05, 3.63) is 47.5 Å². The summed E-state index contributed by atoms with van der Waals surface area (Å²) in [7, 11) is 0. The van der Waals surface area contributed by atoms with Crippen molar-refractivity contribution in [3.63, 3.8) is 0 Å². The second kappa shape index (κ2) is 5.41. The quantitative estimate of drug-likeness (QED) is 0.741. The first kappa shape index (κ1) is 11.5. The fourth-order valence-electron chi connectivity index (χ4n) is 1.65. The van der Waals surface area contributed by atoms with Crippen molar-refractivity contribution >= 4 is 12.3 Å². The van der Waals surface area contributed by atoms with E-state index in [0.717, 1.165) is 12.7 Å². The SMILES string of the molecule is O=CC1=CCCN(OC(=O)c2ccccc2)C1. The van der Waals surface area contributed by atoms with Gasteiger partial charge in [0.2, 0.25) is 0 Å². The van der Waals surface area contributed by atoms with E-state index >= 15 is 0 Å². The summed E-state index contributed by atoms with van der Waals surface area (Å²) < 4.78 is 0. The third-order valence-electron chi connectivity index (χ3n) is 2.52. The minimum absolute atomic E-state index is 0.363. The van der Waals surface area contributed by atoms with Crippen LogP contribution in [0.1, 0.15) is 16.8 Å². The standard InChI is InChI=1S/C13H13NO3/c15-10-11-5-4-8-14(9-11)17-13(16)12-6-2-1-3-7-12/h1-3,5-7,10H,4,8-9H2. The fourth-order valence-corrected chi connectivity index (χ4v) is 1.65. The highest BCUT2D eigenvalue weighted by atomic mass is 16.7. The molecule has 1 heterocycles. The van der Waals surface area contributed by atoms with Crippen LogP contribution in [0, 0.1) is 0 Å². The molecule has 0 spiro atoms. The third-order valence-corrected chi connectivity index (χ3v) is 2.52. The first-order chi connectivity index (χ1) is 8.29. The molecule has 0 N–H and O–H groups in total. The number of carbonyl (C=O) groups excluding carboxylic acids is 2. The van der Waals surface area contributed by atoms with Gasteiger partial charge >= 0.3 is 5.97 Å². The maximum atomic E-state index is 11.7. The summed E-state index contributed by atoms with van der Waals surface area (Å²) in [5, 5.41) is 1.51. The summed E-state index contributed by atoms with van der Waals surface area (Å²) >= 11 is 0. The molecule has 1 aromatic carbocycles. The molecule has 0 bridgehead atoms. The maximum absolute atomic E-state index is 11.7. The first-order valence-corrected chi connectivity index (χ1v) is 5.46. The number of hydroxylamine groups is 2. The lowest BCUT2D eigenvalue weighted by molar-refractivity contribution is -0.114. The molecule has 4 heteroatoms. The maximum Gasteiger partial charge on any atom is 0.357 e. The van der Waals surface area contributed by atoms with Gasteiger partial charge in [0.1, 0.15) is 6.29 Å². The van der Waals surface area contributed by atoms with Gasteiger partial charge in [-0.2, -0.15) is 0 Å². The van der Waals surface area contributed by atoms with Gasteiger partial charge < -0.3 is 4.84 Å². The van der Waals surface area contributed by atoms with Crippen LogP contribution in [-0.2, 0) is 9.63 Å². The van der Waals surface area contributed by atoms with Crippen LogP contribution in [0.15, 0.2) is 42.0 Å². The van der Waals surface area contributed by atoms with Gasteiger partial charge in [0.05, 0.1) is 12.1 Å². The Labute approximate surface area is 99.4 Å². The van der Waals surface area contributed by atoms with Crippen LogP contribution in [0.3, 0.4) is 0 Å². The minimum Gasteiger partial charge on any atom is -0.364 e. The van der Waals surface area contributed by atoms with E-state index in [1.165, 1.54) is 5.06 Å². The molecular formula is C13H13NO3. The molecule has 4 nitrogen and oxygen atoms in total. The Morgan fingerprint density at radius 3 is 2.76 bits per heavy atom. The summed E-state index contributed by atoms with van der Waals surface area (Å²) in [4.78, 5) is 27.6. The Morgan fingerprint density at radius 2 is 2.06 bits per heavy atom. The highest BCUT2D eigenvalue weighted by Gasteiger charge is 2.17. The topological polar surface area (TPSA) is 46.6 Å². The van der Waals surface area contributed by atoms with Crippen LogP contribution in [-0.4, -0.2) is 30.4 Å². The van der Waals surface area contributed by atoms with Gasteiger partial charge in [-0.1, -0.05) is 24.3 Å². The Kier molecular flexibility index (Phi) is 3.67. The van der Waals surface area contributed by atoms with E-state index < -0.39 is 5.97 Å². The van der Waals surface area contributed by atoms with Crippen molar-refractivity contribution in [1.82, 2.24) is 5.06 Å². The lowest BCUT2D eigenvalue weighted by Crippen LogP contribution is -2.33. The van der Waals surface area contributed by atoms with Crippen molar-refractivity contribution < 1.29 is 14.4 Å². The zero-order valence-corrected chi connectivity index (χ0v) is 9.33. The Bertz CT molecular complexity index is 439. The summed E-state index contributed by atoms with van der Waals surface area (Å²) in [6.45, 7) is 0.984. The smallest absolute Gasteiger partial charge is 0.357 e. The molecule has 0 fully saturated rings. The number of hydrogen-bond acceptors (Lipinski definition) is 4. The fraction of sp³-hybridized carbons (Fsp3) is 0.231. The molecule has 1 aliphatic heterocycles. The molecule has 0 amide bonds. The lowest BCUT2D eigenvalue weighted by atomic mass is 10.2. The average Bonchev–Trinajstić information content (AvgIpc) is 2.40. The van der Waals surface area contributed by atoms with E-state index in [2.05, 4.69) is 0 Å². The van der Waals surface area contributed by atoms with Gasteiger partial charge in [-0.05, 0) is 18.6 Å². The summed E-state index contributed by atoms with van der Waals surface area (Å²) in [6.07, 6.45) is 3.37. The molecule has 0 unspecified atom stereocenters. The zero-order valence-electron chi connectivity index (χ0n) is 9.33. The summed E-state index contributed by atoms with van der Waals surface area (Å²) in [5.41, 5.74) is 1.16. The van der Waals surface area contributed by atoms with Crippen LogP contribution >= 0.6 is 0 Å². The summed E-state index contributed by atoms with van der Waals surface area (Å²) in [6, 6.07) is 8.80. The number of rotatable bonds is 3. The van der Waals surface area contributed by atoms with E-state index in [0.29, 0.717) is 24.2 Å². The van der Waals surface area contributed by atoms with Crippen molar-refractivity contribution in [1.29, 1.82) is 0 Å². The molecule has 2 rings (SSSR count).